The summed E-state index contributed by atoms with van der Waals surface area (Å²) in [6, 6.07) is 18.6. The smallest absolute Gasteiger partial charge is 0.358 e. The van der Waals surface area contributed by atoms with E-state index in [0.29, 0.717) is 12.3 Å². The third-order valence-corrected chi connectivity index (χ3v) is 5.22. The molecule has 120 valence electrons. The van der Waals surface area contributed by atoms with E-state index in [-0.39, 0.29) is 11.2 Å². The van der Waals surface area contributed by atoms with E-state index in [1.165, 1.54) is 11.1 Å². The molecular formula is C19H16N2O2S. The van der Waals surface area contributed by atoms with Gasteiger partial charge in [0.05, 0.1) is 17.5 Å². The van der Waals surface area contributed by atoms with E-state index in [1.54, 1.807) is 24.9 Å². The second kappa shape index (κ2) is 6.17. The molecule has 4 nitrogen and oxygen atoms in total. The summed E-state index contributed by atoms with van der Waals surface area (Å²) in [4.78, 5) is 16.5. The Labute approximate surface area is 144 Å². The number of hydrogen-bond donors (Lipinski definition) is 0. The fraction of sp³-hybridized carbons (Fsp3) is 0.158. The van der Waals surface area contributed by atoms with Gasteiger partial charge in [0.1, 0.15) is 0 Å². The summed E-state index contributed by atoms with van der Waals surface area (Å²) in [5.41, 5.74) is 3.85. The maximum absolute atomic E-state index is 12.0. The standard InChI is InChI=1S/C19H16N2O2S/c1-2-23-18(22)15-12-21-16-11-7-6-10-14(16)17(24-19(21)20-15)13-8-4-3-5-9-13/h3-12,17H,2H2,1H3. The minimum Gasteiger partial charge on any atom is -0.461 e. The number of nitrogens with zero attached hydrogens (tertiary/aromatic N) is 2. The summed E-state index contributed by atoms with van der Waals surface area (Å²) >= 11 is 1.65. The van der Waals surface area contributed by atoms with Gasteiger partial charge < -0.3 is 4.74 Å². The number of carbonyl (C=O) groups is 1. The number of aromatic nitrogens is 2. The van der Waals surface area contributed by atoms with Crippen molar-refractivity contribution < 1.29 is 9.53 Å². The number of rotatable bonds is 3. The van der Waals surface area contributed by atoms with Crippen molar-refractivity contribution >= 4 is 17.7 Å². The first-order valence-electron chi connectivity index (χ1n) is 7.85. The van der Waals surface area contributed by atoms with Crippen LogP contribution in [-0.4, -0.2) is 22.1 Å². The molecule has 0 aliphatic carbocycles. The van der Waals surface area contributed by atoms with E-state index in [1.807, 2.05) is 34.9 Å². The van der Waals surface area contributed by atoms with E-state index < -0.39 is 0 Å². The van der Waals surface area contributed by atoms with Crippen molar-refractivity contribution in [1.29, 1.82) is 0 Å². The zero-order valence-electron chi connectivity index (χ0n) is 13.2. The summed E-state index contributed by atoms with van der Waals surface area (Å²) in [6.07, 6.45) is 1.76. The van der Waals surface area contributed by atoms with Crippen LogP contribution in [-0.2, 0) is 4.74 Å². The van der Waals surface area contributed by atoms with Crippen LogP contribution in [0.25, 0.3) is 5.69 Å². The van der Waals surface area contributed by atoms with Crippen LogP contribution in [0.4, 0.5) is 0 Å². The van der Waals surface area contributed by atoms with Crippen LogP contribution in [0.1, 0.15) is 33.8 Å². The van der Waals surface area contributed by atoms with Crippen molar-refractivity contribution in [3.8, 4) is 5.69 Å². The molecule has 0 N–H and O–H groups in total. The summed E-state index contributed by atoms with van der Waals surface area (Å²) in [5, 5.41) is 0.970. The molecule has 1 aliphatic rings. The molecule has 0 radical (unpaired) electrons. The SMILES string of the molecule is CCOC(=O)c1cn2c(n1)SC(c1ccccc1)c1ccccc1-2. The van der Waals surface area contributed by atoms with Crippen LogP contribution in [0.3, 0.4) is 0 Å². The second-order valence-corrected chi connectivity index (χ2v) is 6.54. The normalized spacial score (nSPS) is 15.5. The molecule has 0 bridgehead atoms. The Hall–Kier alpha value is -2.53. The molecule has 0 amide bonds. The van der Waals surface area contributed by atoms with Gasteiger partial charge in [-0.15, -0.1) is 0 Å². The highest BCUT2D eigenvalue weighted by atomic mass is 32.2. The minimum absolute atomic E-state index is 0.160. The number of benzene rings is 2. The molecule has 1 aromatic heterocycles. The van der Waals surface area contributed by atoms with Crippen LogP contribution in [0.15, 0.2) is 66.0 Å². The Morgan fingerprint density at radius 1 is 1.17 bits per heavy atom. The lowest BCUT2D eigenvalue weighted by Crippen LogP contribution is -2.10. The van der Waals surface area contributed by atoms with Gasteiger partial charge in [0.15, 0.2) is 10.9 Å². The minimum atomic E-state index is -0.381. The maximum atomic E-state index is 12.0. The lowest BCUT2D eigenvalue weighted by atomic mass is 10.0. The molecule has 0 saturated carbocycles. The van der Waals surface area contributed by atoms with Crippen molar-refractivity contribution in [1.82, 2.24) is 9.55 Å². The Bertz CT molecular complexity index is 889. The van der Waals surface area contributed by atoms with Crippen molar-refractivity contribution in [3.05, 3.63) is 77.6 Å². The fourth-order valence-electron chi connectivity index (χ4n) is 2.90. The number of fused-ring (bicyclic) bond motifs is 3. The van der Waals surface area contributed by atoms with Crippen molar-refractivity contribution in [2.75, 3.05) is 6.61 Å². The van der Waals surface area contributed by atoms with E-state index in [0.717, 1.165) is 10.8 Å². The Balaban J connectivity index is 1.82. The first-order chi connectivity index (χ1) is 11.8. The highest BCUT2D eigenvalue weighted by Crippen LogP contribution is 2.46. The molecule has 2 aromatic carbocycles. The van der Waals surface area contributed by atoms with E-state index in [9.17, 15) is 4.79 Å². The number of thioether (sulfide) groups is 1. The molecule has 0 spiro atoms. The molecular weight excluding hydrogens is 320 g/mol. The van der Waals surface area contributed by atoms with Gasteiger partial charge in [-0.1, -0.05) is 60.3 Å². The van der Waals surface area contributed by atoms with Crippen molar-refractivity contribution in [2.45, 2.75) is 17.3 Å². The van der Waals surface area contributed by atoms with Gasteiger partial charge >= 0.3 is 5.97 Å². The maximum Gasteiger partial charge on any atom is 0.358 e. The summed E-state index contributed by atoms with van der Waals surface area (Å²) in [5.74, 6) is -0.381. The van der Waals surface area contributed by atoms with Gasteiger partial charge in [0, 0.05) is 6.20 Å². The van der Waals surface area contributed by atoms with Crippen LogP contribution < -0.4 is 0 Å². The van der Waals surface area contributed by atoms with Gasteiger partial charge in [0.25, 0.3) is 0 Å². The third-order valence-electron chi connectivity index (χ3n) is 3.96. The number of para-hydroxylation sites is 1. The van der Waals surface area contributed by atoms with E-state index >= 15 is 0 Å². The first kappa shape index (κ1) is 15.0. The third kappa shape index (κ3) is 2.51. The van der Waals surface area contributed by atoms with Crippen LogP contribution in [0.2, 0.25) is 0 Å². The average Bonchev–Trinajstić information content (AvgIpc) is 3.06. The summed E-state index contributed by atoms with van der Waals surface area (Å²) in [6.45, 7) is 2.14. The Morgan fingerprint density at radius 2 is 1.92 bits per heavy atom. The molecule has 24 heavy (non-hydrogen) atoms. The van der Waals surface area contributed by atoms with Crippen LogP contribution in [0.5, 0.6) is 0 Å². The quantitative estimate of drug-likeness (QED) is 0.671. The highest BCUT2D eigenvalue weighted by molar-refractivity contribution is 7.99. The number of carbonyl (C=O) groups excluding carboxylic acids is 1. The predicted octanol–water partition coefficient (Wildman–Crippen LogP) is 4.24. The lowest BCUT2D eigenvalue weighted by Gasteiger charge is -2.26. The lowest BCUT2D eigenvalue weighted by molar-refractivity contribution is 0.0519. The van der Waals surface area contributed by atoms with Gasteiger partial charge in [-0.3, -0.25) is 4.57 Å². The van der Waals surface area contributed by atoms with Crippen molar-refractivity contribution in [2.24, 2.45) is 0 Å². The molecule has 2 heterocycles. The Kier molecular flexibility index (Phi) is 3.86. The molecule has 1 unspecified atom stereocenters. The molecule has 3 aromatic rings. The van der Waals surface area contributed by atoms with Crippen LogP contribution in [0, 0.1) is 0 Å². The number of ether oxygens (including phenoxy) is 1. The molecule has 0 saturated heterocycles. The van der Waals surface area contributed by atoms with E-state index in [2.05, 4.69) is 29.2 Å². The predicted molar refractivity (Wildman–Crippen MR) is 93.7 cm³/mol. The number of hydrogen-bond acceptors (Lipinski definition) is 4. The van der Waals surface area contributed by atoms with Gasteiger partial charge in [0.2, 0.25) is 0 Å². The summed E-state index contributed by atoms with van der Waals surface area (Å²) in [7, 11) is 0. The Morgan fingerprint density at radius 3 is 2.71 bits per heavy atom. The number of imidazole rings is 1. The van der Waals surface area contributed by atoms with Gasteiger partial charge in [-0.2, -0.15) is 0 Å². The van der Waals surface area contributed by atoms with Gasteiger partial charge in [-0.25, -0.2) is 9.78 Å². The molecule has 0 fully saturated rings. The zero-order valence-corrected chi connectivity index (χ0v) is 14.0. The summed E-state index contributed by atoms with van der Waals surface area (Å²) < 4.78 is 7.06. The van der Waals surface area contributed by atoms with Gasteiger partial charge in [-0.05, 0) is 24.1 Å². The first-order valence-corrected chi connectivity index (χ1v) is 8.73. The second-order valence-electron chi connectivity index (χ2n) is 5.47. The number of esters is 1. The monoisotopic (exact) mass is 336 g/mol. The molecule has 1 aliphatic heterocycles. The zero-order chi connectivity index (χ0) is 16.5. The highest BCUT2D eigenvalue weighted by Gasteiger charge is 2.29. The molecule has 5 heteroatoms. The average molecular weight is 336 g/mol. The largest absolute Gasteiger partial charge is 0.461 e. The fourth-order valence-corrected chi connectivity index (χ4v) is 4.14. The van der Waals surface area contributed by atoms with Crippen LogP contribution >= 0.6 is 11.8 Å². The topological polar surface area (TPSA) is 44.1 Å². The van der Waals surface area contributed by atoms with Crippen molar-refractivity contribution in [3.63, 3.8) is 0 Å². The molecule has 4 rings (SSSR count). The molecule has 1 atom stereocenters. The van der Waals surface area contributed by atoms with E-state index in [4.69, 9.17) is 4.74 Å².